The average molecular weight is 122 g/mol. The summed E-state index contributed by atoms with van der Waals surface area (Å²) in [6.07, 6.45) is 5.92. The minimum atomic E-state index is 1.25. The van der Waals surface area contributed by atoms with E-state index >= 15 is 0 Å². The summed E-state index contributed by atoms with van der Waals surface area (Å²) in [6, 6.07) is 0. The molecule has 0 amide bonds. The Morgan fingerprint density at radius 2 is 1.78 bits per heavy atom. The van der Waals surface area contributed by atoms with Gasteiger partial charge in [0.15, 0.2) is 0 Å². The van der Waals surface area contributed by atoms with E-state index in [9.17, 15) is 0 Å². The molecule has 0 saturated heterocycles. The largest absolute Gasteiger partial charge is 0.0991 e. The summed E-state index contributed by atoms with van der Waals surface area (Å²) in [6.45, 7) is 9.83. The van der Waals surface area contributed by atoms with Crippen LogP contribution in [0, 0.1) is 0 Å². The quantitative estimate of drug-likeness (QED) is 0.494. The van der Waals surface area contributed by atoms with E-state index in [2.05, 4.69) is 33.4 Å². The Kier molecular flexibility index (Phi) is 3.78. The molecule has 0 fully saturated rings. The molecule has 0 heterocycles. The molecule has 0 aliphatic rings. The van der Waals surface area contributed by atoms with Gasteiger partial charge in [0.2, 0.25) is 0 Å². The summed E-state index contributed by atoms with van der Waals surface area (Å²) in [4.78, 5) is 0. The van der Waals surface area contributed by atoms with Gasteiger partial charge in [-0.05, 0) is 20.8 Å². The van der Waals surface area contributed by atoms with Crippen molar-refractivity contribution in [2.45, 2.75) is 20.8 Å². The van der Waals surface area contributed by atoms with Gasteiger partial charge >= 0.3 is 0 Å². The molecule has 50 valence electrons. The van der Waals surface area contributed by atoms with Crippen LogP contribution in [0.5, 0.6) is 0 Å². The zero-order valence-electron chi connectivity index (χ0n) is 6.44. The fraction of sp³-hybridized carbons (Fsp3) is 0.333. The minimum Gasteiger partial charge on any atom is -0.0991 e. The first-order valence-corrected chi connectivity index (χ1v) is 3.11. The van der Waals surface area contributed by atoms with Crippen molar-refractivity contribution < 1.29 is 0 Å². The lowest BCUT2D eigenvalue weighted by Crippen LogP contribution is -1.68. The lowest BCUT2D eigenvalue weighted by atomic mass is 10.2. The van der Waals surface area contributed by atoms with Gasteiger partial charge < -0.3 is 0 Å². The van der Waals surface area contributed by atoms with E-state index in [4.69, 9.17) is 0 Å². The summed E-state index contributed by atoms with van der Waals surface area (Å²) in [5.74, 6) is 0. The fourth-order valence-electron chi connectivity index (χ4n) is 0.689. The van der Waals surface area contributed by atoms with Gasteiger partial charge in [-0.2, -0.15) is 0 Å². The smallest absolute Gasteiger partial charge is 0.0398 e. The van der Waals surface area contributed by atoms with E-state index in [-0.39, 0.29) is 0 Å². The van der Waals surface area contributed by atoms with E-state index < -0.39 is 0 Å². The summed E-state index contributed by atoms with van der Waals surface area (Å²) < 4.78 is 0. The molecule has 0 aliphatic heterocycles. The highest BCUT2D eigenvalue weighted by Gasteiger charge is 1.78. The predicted octanol–water partition coefficient (Wildman–Crippen LogP) is 3.08. The molecule has 0 unspecified atom stereocenters. The molecule has 0 heteroatoms. The SMILES string of the molecule is C=CC=C(C)C=C(C)C. The molecular weight excluding hydrogens is 108 g/mol. The first-order chi connectivity index (χ1) is 4.16. The van der Waals surface area contributed by atoms with Crippen LogP contribution in [0.3, 0.4) is 0 Å². The second kappa shape index (κ2) is 4.13. The second-order valence-electron chi connectivity index (χ2n) is 2.37. The molecule has 0 spiro atoms. The van der Waals surface area contributed by atoms with Crippen LogP contribution in [-0.4, -0.2) is 0 Å². The van der Waals surface area contributed by atoms with Gasteiger partial charge in [0, 0.05) is 0 Å². The van der Waals surface area contributed by atoms with Crippen molar-refractivity contribution in [1.82, 2.24) is 0 Å². The van der Waals surface area contributed by atoms with Crippen LogP contribution in [0.15, 0.2) is 36.0 Å². The normalized spacial score (nSPS) is 10.8. The van der Waals surface area contributed by atoms with Crippen LogP contribution >= 0.6 is 0 Å². The summed E-state index contributed by atoms with van der Waals surface area (Å²) in [5.41, 5.74) is 2.58. The molecule has 0 N–H and O–H groups in total. The first kappa shape index (κ1) is 8.22. The molecule has 0 saturated carbocycles. The molecule has 9 heavy (non-hydrogen) atoms. The van der Waals surface area contributed by atoms with Crippen molar-refractivity contribution in [2.75, 3.05) is 0 Å². The fourth-order valence-corrected chi connectivity index (χ4v) is 0.689. The topological polar surface area (TPSA) is 0 Å². The molecule has 0 aliphatic carbocycles. The second-order valence-corrected chi connectivity index (χ2v) is 2.37. The van der Waals surface area contributed by atoms with E-state index in [1.54, 1.807) is 6.08 Å². The van der Waals surface area contributed by atoms with Gasteiger partial charge in [0.25, 0.3) is 0 Å². The summed E-state index contributed by atoms with van der Waals surface area (Å²) in [7, 11) is 0. The lowest BCUT2D eigenvalue weighted by Gasteiger charge is -1.89. The van der Waals surface area contributed by atoms with E-state index in [1.807, 2.05) is 6.08 Å². The number of rotatable bonds is 2. The molecule has 0 aromatic rings. The average Bonchev–Trinajstić information content (AvgIpc) is 1.63. The third-order valence-corrected chi connectivity index (χ3v) is 0.897. The Labute approximate surface area is 57.6 Å². The van der Waals surface area contributed by atoms with Crippen molar-refractivity contribution in [3.8, 4) is 0 Å². The minimum absolute atomic E-state index is 1.25. The van der Waals surface area contributed by atoms with E-state index in [0.29, 0.717) is 0 Å². The maximum Gasteiger partial charge on any atom is -0.0398 e. The lowest BCUT2D eigenvalue weighted by molar-refractivity contribution is 1.35. The van der Waals surface area contributed by atoms with Crippen molar-refractivity contribution in [3.63, 3.8) is 0 Å². The molecule has 0 aromatic carbocycles. The zero-order valence-corrected chi connectivity index (χ0v) is 6.44. The maximum atomic E-state index is 3.60. The number of hydrogen-bond acceptors (Lipinski definition) is 0. The molecule has 0 aromatic heterocycles. The van der Waals surface area contributed by atoms with Crippen LogP contribution in [0.4, 0.5) is 0 Å². The van der Waals surface area contributed by atoms with Gasteiger partial charge in [-0.25, -0.2) is 0 Å². The van der Waals surface area contributed by atoms with Crippen LogP contribution in [0.25, 0.3) is 0 Å². The summed E-state index contributed by atoms with van der Waals surface area (Å²) in [5, 5.41) is 0. The van der Waals surface area contributed by atoms with Crippen molar-refractivity contribution >= 4 is 0 Å². The van der Waals surface area contributed by atoms with Crippen molar-refractivity contribution in [3.05, 3.63) is 36.0 Å². The molecule has 0 nitrogen and oxygen atoms in total. The predicted molar refractivity (Wildman–Crippen MR) is 43.4 cm³/mol. The zero-order chi connectivity index (χ0) is 7.28. The molecule has 0 radical (unpaired) electrons. The molecule has 0 bridgehead atoms. The van der Waals surface area contributed by atoms with E-state index in [0.717, 1.165) is 0 Å². The monoisotopic (exact) mass is 122 g/mol. The molecule has 0 atom stereocenters. The van der Waals surface area contributed by atoms with Gasteiger partial charge in [0.1, 0.15) is 0 Å². The van der Waals surface area contributed by atoms with Gasteiger partial charge in [-0.15, -0.1) is 0 Å². The maximum absolute atomic E-state index is 3.60. The highest BCUT2D eigenvalue weighted by atomic mass is 13.8. The van der Waals surface area contributed by atoms with Gasteiger partial charge in [0.05, 0.1) is 0 Å². The van der Waals surface area contributed by atoms with Crippen molar-refractivity contribution in [1.29, 1.82) is 0 Å². The van der Waals surface area contributed by atoms with Crippen LogP contribution in [0.1, 0.15) is 20.8 Å². The van der Waals surface area contributed by atoms with Crippen LogP contribution in [0.2, 0.25) is 0 Å². The molecule has 0 rings (SSSR count). The highest BCUT2D eigenvalue weighted by molar-refractivity contribution is 5.22. The summed E-state index contributed by atoms with van der Waals surface area (Å²) >= 11 is 0. The number of hydrogen-bond donors (Lipinski definition) is 0. The molecular formula is C9H14. The first-order valence-electron chi connectivity index (χ1n) is 3.11. The van der Waals surface area contributed by atoms with E-state index in [1.165, 1.54) is 11.1 Å². The Morgan fingerprint density at radius 3 is 2.11 bits per heavy atom. The van der Waals surface area contributed by atoms with Crippen LogP contribution < -0.4 is 0 Å². The van der Waals surface area contributed by atoms with Crippen molar-refractivity contribution in [2.24, 2.45) is 0 Å². The highest BCUT2D eigenvalue weighted by Crippen LogP contribution is 1.99. The third-order valence-electron chi connectivity index (χ3n) is 0.897. The van der Waals surface area contributed by atoms with Gasteiger partial charge in [-0.3, -0.25) is 0 Å². The number of allylic oxidation sites excluding steroid dienone is 5. The van der Waals surface area contributed by atoms with Crippen LogP contribution in [-0.2, 0) is 0 Å². The van der Waals surface area contributed by atoms with Gasteiger partial charge in [-0.1, -0.05) is 36.0 Å². The Bertz CT molecular complexity index is 143. The Balaban J connectivity index is 4.05. The standard InChI is InChI=1S/C9H14/c1-5-6-9(4)7-8(2)3/h5-7H,1H2,2-4H3. The third kappa shape index (κ3) is 5.09. The Morgan fingerprint density at radius 1 is 1.22 bits per heavy atom. The Hall–Kier alpha value is -0.780.